The minimum atomic E-state index is -0.342. The Bertz CT molecular complexity index is 884. The summed E-state index contributed by atoms with van der Waals surface area (Å²) < 4.78 is 9.28. The van der Waals surface area contributed by atoms with Gasteiger partial charge in [-0.25, -0.2) is 4.98 Å². The van der Waals surface area contributed by atoms with E-state index in [1.807, 2.05) is 18.5 Å². The number of anilines is 1. The number of aryl methyl sites for hydroxylation is 1. The number of nitrogens with one attached hydrogen (secondary N) is 1. The van der Waals surface area contributed by atoms with Gasteiger partial charge in [-0.2, -0.15) is 5.10 Å². The van der Waals surface area contributed by atoms with Crippen molar-refractivity contribution < 1.29 is 9.21 Å². The maximum absolute atomic E-state index is 12.2. The lowest BCUT2D eigenvalue weighted by molar-refractivity contribution is 0.0994. The molecule has 3 aromatic rings. The Kier molecular flexibility index (Phi) is 4.86. The average Bonchev–Trinajstić information content (AvgIpc) is 3.11. The lowest BCUT2D eigenvalue weighted by atomic mass is 10.4. The number of pyridine rings is 1. The number of amides is 1. The number of carbonyl (C=O) groups is 1. The Labute approximate surface area is 155 Å². The summed E-state index contributed by atoms with van der Waals surface area (Å²) in [4.78, 5) is 16.3. The Balaban J connectivity index is 1.71. The molecule has 3 rings (SSSR count). The van der Waals surface area contributed by atoms with Gasteiger partial charge in [-0.3, -0.25) is 9.48 Å². The van der Waals surface area contributed by atoms with Crippen LogP contribution in [0.1, 0.15) is 27.7 Å². The van der Waals surface area contributed by atoms with Crippen LogP contribution < -0.4 is 5.32 Å². The number of carbonyl (C=O) groups excluding carboxylic acids is 1. The number of halogens is 2. The number of hydrogen-bond donors (Lipinski definition) is 1. The van der Waals surface area contributed by atoms with Crippen LogP contribution in [0.3, 0.4) is 0 Å². The van der Waals surface area contributed by atoms with Crippen molar-refractivity contribution in [3.8, 4) is 0 Å². The standard InChI is InChI=1S/C16H14Br2N4O2/c1-9-15(18)10(2)22(21-9)8-12-4-5-13(24-12)16(23)20-14-6-3-11(17)7-19-14/h3-7H,8H2,1-2H3,(H,19,20,23). The first kappa shape index (κ1) is 16.9. The van der Waals surface area contributed by atoms with Crippen LogP contribution in [-0.4, -0.2) is 20.7 Å². The molecule has 0 fully saturated rings. The second kappa shape index (κ2) is 6.90. The van der Waals surface area contributed by atoms with Gasteiger partial charge in [-0.05, 0) is 70.0 Å². The van der Waals surface area contributed by atoms with Crippen LogP contribution in [0.25, 0.3) is 0 Å². The number of nitrogens with zero attached hydrogens (tertiary/aromatic N) is 3. The number of hydrogen-bond acceptors (Lipinski definition) is 4. The molecule has 1 amide bonds. The fraction of sp³-hybridized carbons (Fsp3) is 0.188. The van der Waals surface area contributed by atoms with Crippen molar-refractivity contribution in [1.29, 1.82) is 0 Å². The maximum Gasteiger partial charge on any atom is 0.292 e. The SMILES string of the molecule is Cc1nn(Cc2ccc(C(=O)Nc3ccc(Br)cn3)o2)c(C)c1Br. The van der Waals surface area contributed by atoms with Gasteiger partial charge in [0.2, 0.25) is 0 Å². The molecular formula is C16H14Br2N4O2. The van der Waals surface area contributed by atoms with Crippen molar-refractivity contribution in [1.82, 2.24) is 14.8 Å². The van der Waals surface area contributed by atoms with E-state index in [0.717, 1.165) is 20.3 Å². The Hall–Kier alpha value is -1.93. The second-order valence-electron chi connectivity index (χ2n) is 5.22. The van der Waals surface area contributed by atoms with E-state index in [9.17, 15) is 4.79 Å². The van der Waals surface area contributed by atoms with Gasteiger partial charge in [0.05, 0.1) is 22.4 Å². The third kappa shape index (κ3) is 3.59. The fourth-order valence-electron chi connectivity index (χ4n) is 2.19. The van der Waals surface area contributed by atoms with Gasteiger partial charge >= 0.3 is 0 Å². The van der Waals surface area contributed by atoms with Crippen molar-refractivity contribution in [2.45, 2.75) is 20.4 Å². The smallest absolute Gasteiger partial charge is 0.292 e. The minimum absolute atomic E-state index is 0.232. The van der Waals surface area contributed by atoms with Crippen LogP contribution in [0.2, 0.25) is 0 Å². The molecule has 0 aliphatic heterocycles. The lowest BCUT2D eigenvalue weighted by Crippen LogP contribution is -2.12. The summed E-state index contributed by atoms with van der Waals surface area (Å²) in [5, 5.41) is 7.12. The summed E-state index contributed by atoms with van der Waals surface area (Å²) in [6.07, 6.45) is 1.61. The van der Waals surface area contributed by atoms with Gasteiger partial charge in [0.25, 0.3) is 5.91 Å². The summed E-state index contributed by atoms with van der Waals surface area (Å²) >= 11 is 6.79. The molecule has 0 aromatic carbocycles. The molecule has 3 aromatic heterocycles. The van der Waals surface area contributed by atoms with E-state index in [0.29, 0.717) is 18.1 Å². The molecule has 0 aliphatic carbocycles. The van der Waals surface area contributed by atoms with Crippen LogP contribution in [0, 0.1) is 13.8 Å². The summed E-state index contributed by atoms with van der Waals surface area (Å²) in [5.41, 5.74) is 1.92. The van der Waals surface area contributed by atoms with E-state index in [2.05, 4.69) is 47.3 Å². The average molecular weight is 454 g/mol. The highest BCUT2D eigenvalue weighted by molar-refractivity contribution is 9.10. The summed E-state index contributed by atoms with van der Waals surface area (Å²) in [5.74, 6) is 1.01. The summed E-state index contributed by atoms with van der Waals surface area (Å²) in [6, 6.07) is 6.93. The molecule has 0 unspecified atom stereocenters. The van der Waals surface area contributed by atoms with Crippen LogP contribution in [0.4, 0.5) is 5.82 Å². The molecule has 8 heteroatoms. The third-order valence-electron chi connectivity index (χ3n) is 3.45. The highest BCUT2D eigenvalue weighted by Crippen LogP contribution is 2.21. The van der Waals surface area contributed by atoms with Gasteiger partial charge < -0.3 is 9.73 Å². The monoisotopic (exact) mass is 452 g/mol. The first-order chi connectivity index (χ1) is 11.4. The molecule has 1 N–H and O–H groups in total. The lowest BCUT2D eigenvalue weighted by Gasteiger charge is -2.03. The van der Waals surface area contributed by atoms with E-state index in [1.165, 1.54) is 0 Å². The first-order valence-corrected chi connectivity index (χ1v) is 8.74. The first-order valence-electron chi connectivity index (χ1n) is 7.15. The molecule has 0 atom stereocenters. The molecule has 24 heavy (non-hydrogen) atoms. The third-order valence-corrected chi connectivity index (χ3v) is 5.07. The second-order valence-corrected chi connectivity index (χ2v) is 6.93. The fourth-order valence-corrected chi connectivity index (χ4v) is 2.71. The van der Waals surface area contributed by atoms with E-state index in [4.69, 9.17) is 4.42 Å². The molecule has 0 saturated carbocycles. The van der Waals surface area contributed by atoms with Gasteiger partial charge in [0.15, 0.2) is 5.76 Å². The molecule has 3 heterocycles. The molecule has 0 aliphatic rings. The molecule has 124 valence electrons. The number of rotatable bonds is 4. The maximum atomic E-state index is 12.2. The quantitative estimate of drug-likeness (QED) is 0.638. The largest absolute Gasteiger partial charge is 0.454 e. The van der Waals surface area contributed by atoms with Gasteiger partial charge in [0.1, 0.15) is 11.6 Å². The minimum Gasteiger partial charge on any atom is -0.454 e. The predicted octanol–water partition coefficient (Wildman–Crippen LogP) is 4.31. The van der Waals surface area contributed by atoms with Crippen LogP contribution >= 0.6 is 31.9 Å². The summed E-state index contributed by atoms with van der Waals surface area (Å²) in [7, 11) is 0. The molecule has 6 nitrogen and oxygen atoms in total. The van der Waals surface area contributed by atoms with Gasteiger partial charge in [-0.15, -0.1) is 0 Å². The Morgan fingerprint density at radius 3 is 2.67 bits per heavy atom. The van der Waals surface area contributed by atoms with Crippen molar-refractivity contribution in [3.05, 3.63) is 62.3 Å². The Morgan fingerprint density at radius 1 is 1.25 bits per heavy atom. The van der Waals surface area contributed by atoms with Crippen LogP contribution in [0.15, 0.2) is 43.8 Å². The van der Waals surface area contributed by atoms with Crippen LogP contribution in [0.5, 0.6) is 0 Å². The molecule has 0 bridgehead atoms. The highest BCUT2D eigenvalue weighted by atomic mass is 79.9. The van der Waals surface area contributed by atoms with E-state index >= 15 is 0 Å². The summed E-state index contributed by atoms with van der Waals surface area (Å²) in [6.45, 7) is 4.36. The van der Waals surface area contributed by atoms with Crippen molar-refractivity contribution in [2.75, 3.05) is 5.32 Å². The molecule has 0 saturated heterocycles. The zero-order valence-electron chi connectivity index (χ0n) is 13.0. The van der Waals surface area contributed by atoms with E-state index in [-0.39, 0.29) is 11.7 Å². The molecule has 0 radical (unpaired) electrons. The topological polar surface area (TPSA) is 73.0 Å². The Morgan fingerprint density at radius 2 is 2.04 bits per heavy atom. The van der Waals surface area contributed by atoms with Crippen molar-refractivity contribution in [2.24, 2.45) is 0 Å². The zero-order valence-corrected chi connectivity index (χ0v) is 16.2. The predicted molar refractivity (Wildman–Crippen MR) is 97.1 cm³/mol. The number of furan rings is 1. The molecular weight excluding hydrogens is 440 g/mol. The van der Waals surface area contributed by atoms with E-state index in [1.54, 1.807) is 30.5 Å². The van der Waals surface area contributed by atoms with Crippen molar-refractivity contribution in [3.63, 3.8) is 0 Å². The van der Waals surface area contributed by atoms with Crippen molar-refractivity contribution >= 4 is 43.6 Å². The zero-order chi connectivity index (χ0) is 17.3. The van der Waals surface area contributed by atoms with Gasteiger partial charge in [-0.1, -0.05) is 0 Å². The number of aromatic nitrogens is 3. The van der Waals surface area contributed by atoms with Crippen LogP contribution in [-0.2, 0) is 6.54 Å². The normalized spacial score (nSPS) is 10.8. The van der Waals surface area contributed by atoms with Gasteiger partial charge in [0, 0.05) is 10.7 Å². The molecule has 0 spiro atoms. The van der Waals surface area contributed by atoms with E-state index < -0.39 is 0 Å². The highest BCUT2D eigenvalue weighted by Gasteiger charge is 2.14.